The highest BCUT2D eigenvalue weighted by Gasteiger charge is 2.45. The summed E-state index contributed by atoms with van der Waals surface area (Å²) in [5.74, 6) is 0. The Bertz CT molecular complexity index is 535. The van der Waals surface area contributed by atoms with Crippen LogP contribution < -0.4 is 10.6 Å². The molecular formula is C14H22F3N5O2. The van der Waals surface area contributed by atoms with Crippen LogP contribution in [0, 0.1) is 0 Å². The molecule has 2 atom stereocenters. The van der Waals surface area contributed by atoms with E-state index in [4.69, 9.17) is 4.74 Å². The summed E-state index contributed by atoms with van der Waals surface area (Å²) in [4.78, 5) is 11.6. The first-order chi connectivity index (χ1) is 11.4. The summed E-state index contributed by atoms with van der Waals surface area (Å²) in [6, 6.07) is -0.358. The topological polar surface area (TPSA) is 81.1 Å². The van der Waals surface area contributed by atoms with Crippen molar-refractivity contribution in [2.24, 2.45) is 0 Å². The van der Waals surface area contributed by atoms with Crippen molar-refractivity contribution in [3.05, 3.63) is 11.9 Å². The SMILES string of the molecule is CCn1cc(CCNC(=O)NCCC2CCC(C(F)(F)F)O2)nn1. The molecule has 2 unspecified atom stereocenters. The van der Waals surface area contributed by atoms with Crippen molar-refractivity contribution in [1.29, 1.82) is 0 Å². The Morgan fingerprint density at radius 2 is 2.12 bits per heavy atom. The monoisotopic (exact) mass is 349 g/mol. The number of amides is 2. The minimum atomic E-state index is -4.31. The lowest BCUT2D eigenvalue weighted by atomic mass is 10.1. The van der Waals surface area contributed by atoms with Gasteiger partial charge in [-0.15, -0.1) is 5.10 Å². The van der Waals surface area contributed by atoms with Crippen molar-refractivity contribution in [3.63, 3.8) is 0 Å². The van der Waals surface area contributed by atoms with Crippen LogP contribution in [0.2, 0.25) is 0 Å². The summed E-state index contributed by atoms with van der Waals surface area (Å²) in [7, 11) is 0. The molecule has 24 heavy (non-hydrogen) atoms. The minimum Gasteiger partial charge on any atom is -0.365 e. The number of rotatable bonds is 7. The number of ether oxygens (including phenoxy) is 1. The van der Waals surface area contributed by atoms with Gasteiger partial charge in [-0.3, -0.25) is 4.68 Å². The van der Waals surface area contributed by atoms with Crippen LogP contribution in [0.5, 0.6) is 0 Å². The van der Waals surface area contributed by atoms with E-state index in [1.807, 2.05) is 13.1 Å². The molecule has 1 aromatic rings. The van der Waals surface area contributed by atoms with Crippen molar-refractivity contribution < 1.29 is 22.7 Å². The fourth-order valence-electron chi connectivity index (χ4n) is 2.48. The van der Waals surface area contributed by atoms with E-state index in [9.17, 15) is 18.0 Å². The molecule has 1 aliphatic rings. The summed E-state index contributed by atoms with van der Waals surface area (Å²) in [6.45, 7) is 3.37. The zero-order valence-electron chi connectivity index (χ0n) is 13.5. The Balaban J connectivity index is 1.55. The molecule has 1 aromatic heterocycles. The number of halogens is 3. The first-order valence-electron chi connectivity index (χ1n) is 8.01. The quantitative estimate of drug-likeness (QED) is 0.784. The number of alkyl halides is 3. The Morgan fingerprint density at radius 3 is 2.75 bits per heavy atom. The van der Waals surface area contributed by atoms with Gasteiger partial charge in [0.2, 0.25) is 0 Å². The first kappa shape index (κ1) is 18.5. The highest BCUT2D eigenvalue weighted by molar-refractivity contribution is 5.73. The summed E-state index contributed by atoms with van der Waals surface area (Å²) >= 11 is 0. The van der Waals surface area contributed by atoms with Gasteiger partial charge in [-0.05, 0) is 26.2 Å². The summed E-state index contributed by atoms with van der Waals surface area (Å²) in [6.07, 6.45) is -3.35. The predicted molar refractivity (Wildman–Crippen MR) is 79.4 cm³/mol. The van der Waals surface area contributed by atoms with E-state index in [0.717, 1.165) is 12.2 Å². The first-order valence-corrected chi connectivity index (χ1v) is 8.01. The number of aromatic nitrogens is 3. The number of hydrogen-bond donors (Lipinski definition) is 2. The maximum Gasteiger partial charge on any atom is 0.414 e. The molecule has 1 fully saturated rings. The van der Waals surface area contributed by atoms with Crippen LogP contribution in [0.3, 0.4) is 0 Å². The van der Waals surface area contributed by atoms with Crippen LogP contribution in [-0.4, -0.2) is 52.5 Å². The van der Waals surface area contributed by atoms with Gasteiger partial charge in [0.25, 0.3) is 0 Å². The molecule has 2 heterocycles. The number of nitrogens with zero attached hydrogens (tertiary/aromatic N) is 3. The summed E-state index contributed by atoms with van der Waals surface area (Å²) in [5, 5.41) is 13.1. The normalized spacial score (nSPS) is 21.0. The lowest BCUT2D eigenvalue weighted by molar-refractivity contribution is -0.215. The number of carbonyl (C=O) groups is 1. The van der Waals surface area contributed by atoms with Gasteiger partial charge in [-0.25, -0.2) is 4.79 Å². The van der Waals surface area contributed by atoms with Crippen LogP contribution >= 0.6 is 0 Å². The predicted octanol–water partition coefficient (Wildman–Crippen LogP) is 1.64. The van der Waals surface area contributed by atoms with Crippen molar-refractivity contribution in [1.82, 2.24) is 25.6 Å². The second-order valence-corrected chi connectivity index (χ2v) is 5.65. The smallest absolute Gasteiger partial charge is 0.365 e. The van der Waals surface area contributed by atoms with E-state index in [-0.39, 0.29) is 19.0 Å². The third-order valence-electron chi connectivity index (χ3n) is 3.80. The number of hydrogen-bond acceptors (Lipinski definition) is 4. The molecule has 0 spiro atoms. The standard InChI is InChI=1S/C14H22F3N5O2/c1-2-22-9-10(20-21-22)5-7-18-13(23)19-8-6-11-3-4-12(24-11)14(15,16)17/h9,11-12H,2-8H2,1H3,(H2,18,19,23). The van der Waals surface area contributed by atoms with Gasteiger partial charge >= 0.3 is 12.2 Å². The van der Waals surface area contributed by atoms with E-state index in [0.29, 0.717) is 25.8 Å². The lowest BCUT2D eigenvalue weighted by Crippen LogP contribution is -2.38. The number of nitrogens with one attached hydrogen (secondary N) is 2. The van der Waals surface area contributed by atoms with Crippen molar-refractivity contribution in [2.45, 2.75) is 57.5 Å². The van der Waals surface area contributed by atoms with Crippen molar-refractivity contribution in [3.8, 4) is 0 Å². The Hall–Kier alpha value is -1.84. The minimum absolute atomic E-state index is 0.0151. The summed E-state index contributed by atoms with van der Waals surface area (Å²) in [5.41, 5.74) is 0.787. The van der Waals surface area contributed by atoms with Gasteiger partial charge in [-0.1, -0.05) is 5.21 Å². The molecule has 0 bridgehead atoms. The average Bonchev–Trinajstić information content (AvgIpc) is 3.15. The van der Waals surface area contributed by atoms with E-state index in [2.05, 4.69) is 20.9 Å². The van der Waals surface area contributed by atoms with Gasteiger partial charge in [-0.2, -0.15) is 13.2 Å². The number of urea groups is 1. The average molecular weight is 349 g/mol. The second-order valence-electron chi connectivity index (χ2n) is 5.65. The van der Waals surface area contributed by atoms with Crippen LogP contribution in [0.4, 0.5) is 18.0 Å². The number of aryl methyl sites for hydroxylation is 1. The Labute approximate surface area is 137 Å². The van der Waals surface area contributed by atoms with E-state index < -0.39 is 18.4 Å². The molecule has 2 amide bonds. The molecule has 2 rings (SSSR count). The molecule has 7 nitrogen and oxygen atoms in total. The van der Waals surface area contributed by atoms with Crippen molar-refractivity contribution >= 4 is 6.03 Å². The van der Waals surface area contributed by atoms with Gasteiger partial charge < -0.3 is 15.4 Å². The third kappa shape index (κ3) is 5.66. The molecule has 0 aromatic carbocycles. The van der Waals surface area contributed by atoms with Crippen LogP contribution in [0.1, 0.15) is 31.9 Å². The summed E-state index contributed by atoms with van der Waals surface area (Å²) < 4.78 is 44.1. The van der Waals surface area contributed by atoms with Gasteiger partial charge in [0.1, 0.15) is 0 Å². The Morgan fingerprint density at radius 1 is 1.38 bits per heavy atom. The van der Waals surface area contributed by atoms with E-state index in [1.165, 1.54) is 0 Å². The fourth-order valence-corrected chi connectivity index (χ4v) is 2.48. The van der Waals surface area contributed by atoms with Crippen LogP contribution in [0.25, 0.3) is 0 Å². The van der Waals surface area contributed by atoms with Gasteiger partial charge in [0, 0.05) is 32.3 Å². The maximum atomic E-state index is 12.5. The molecule has 1 saturated heterocycles. The van der Waals surface area contributed by atoms with Crippen LogP contribution in [0.15, 0.2) is 6.20 Å². The zero-order chi connectivity index (χ0) is 17.6. The maximum absolute atomic E-state index is 12.5. The Kier molecular flexibility index (Phi) is 6.41. The molecule has 0 saturated carbocycles. The van der Waals surface area contributed by atoms with Gasteiger partial charge in [0.15, 0.2) is 6.10 Å². The molecule has 0 aliphatic carbocycles. The largest absolute Gasteiger partial charge is 0.414 e. The van der Waals surface area contributed by atoms with Crippen molar-refractivity contribution in [2.75, 3.05) is 13.1 Å². The fraction of sp³-hybridized carbons (Fsp3) is 0.786. The highest BCUT2D eigenvalue weighted by Crippen LogP contribution is 2.33. The molecule has 2 N–H and O–H groups in total. The molecule has 136 valence electrons. The number of carbonyl (C=O) groups excluding carboxylic acids is 1. The zero-order valence-corrected chi connectivity index (χ0v) is 13.5. The molecule has 1 aliphatic heterocycles. The van der Waals surface area contributed by atoms with E-state index >= 15 is 0 Å². The van der Waals surface area contributed by atoms with Gasteiger partial charge in [0.05, 0.1) is 11.8 Å². The molecule has 0 radical (unpaired) electrons. The second kappa shape index (κ2) is 8.32. The molecular weight excluding hydrogens is 327 g/mol. The van der Waals surface area contributed by atoms with Crippen LogP contribution in [-0.2, 0) is 17.7 Å². The third-order valence-corrected chi connectivity index (χ3v) is 3.80. The molecule has 10 heteroatoms. The highest BCUT2D eigenvalue weighted by atomic mass is 19.4. The van der Waals surface area contributed by atoms with E-state index in [1.54, 1.807) is 4.68 Å². The lowest BCUT2D eigenvalue weighted by Gasteiger charge is -2.16.